The summed E-state index contributed by atoms with van der Waals surface area (Å²) < 4.78 is 0. The van der Waals surface area contributed by atoms with Crippen molar-refractivity contribution in [1.82, 2.24) is 9.97 Å². The molecule has 0 radical (unpaired) electrons. The van der Waals surface area contributed by atoms with Crippen molar-refractivity contribution >= 4 is 17.4 Å². The average Bonchev–Trinajstić information content (AvgIpc) is 2.24. The first kappa shape index (κ1) is 13.8. The zero-order chi connectivity index (χ0) is 13.2. The standard InChI is InChI=1S/C13H18ClN3/c1-7-13(5,6)17-12-9(4)10(14)15-11(16-12)8(2)3/h1,8H,2-6H3,(H,15,16,17). The highest BCUT2D eigenvalue weighted by molar-refractivity contribution is 6.30. The third-order valence-electron chi connectivity index (χ3n) is 2.41. The van der Waals surface area contributed by atoms with E-state index in [1.165, 1.54) is 0 Å². The summed E-state index contributed by atoms with van der Waals surface area (Å²) in [4.78, 5) is 8.71. The lowest BCUT2D eigenvalue weighted by molar-refractivity contribution is 0.719. The Hall–Kier alpha value is -1.27. The Labute approximate surface area is 108 Å². The Morgan fingerprint density at radius 2 is 1.94 bits per heavy atom. The van der Waals surface area contributed by atoms with Crippen LogP contribution >= 0.6 is 11.6 Å². The molecule has 0 atom stereocenters. The van der Waals surface area contributed by atoms with E-state index in [9.17, 15) is 0 Å². The lowest BCUT2D eigenvalue weighted by Crippen LogP contribution is -2.29. The Bertz CT molecular complexity index is 458. The van der Waals surface area contributed by atoms with Crippen LogP contribution in [0.1, 0.15) is 45.0 Å². The molecule has 0 aliphatic rings. The molecule has 0 fully saturated rings. The highest BCUT2D eigenvalue weighted by atomic mass is 35.5. The first-order valence-corrected chi connectivity index (χ1v) is 5.94. The van der Waals surface area contributed by atoms with Gasteiger partial charge in [0.05, 0.1) is 5.54 Å². The molecule has 4 heteroatoms. The van der Waals surface area contributed by atoms with Crippen LogP contribution in [0.5, 0.6) is 0 Å². The fourth-order valence-corrected chi connectivity index (χ4v) is 1.39. The molecule has 0 bridgehead atoms. The molecule has 17 heavy (non-hydrogen) atoms. The predicted molar refractivity (Wildman–Crippen MR) is 72.4 cm³/mol. The van der Waals surface area contributed by atoms with E-state index in [4.69, 9.17) is 18.0 Å². The number of halogens is 1. The van der Waals surface area contributed by atoms with Crippen molar-refractivity contribution in [1.29, 1.82) is 0 Å². The van der Waals surface area contributed by atoms with E-state index in [0.29, 0.717) is 11.0 Å². The van der Waals surface area contributed by atoms with Crippen LogP contribution in [0.4, 0.5) is 5.82 Å². The van der Waals surface area contributed by atoms with Crippen LogP contribution in [0.25, 0.3) is 0 Å². The van der Waals surface area contributed by atoms with Crippen molar-refractivity contribution in [3.8, 4) is 12.3 Å². The zero-order valence-electron chi connectivity index (χ0n) is 10.9. The van der Waals surface area contributed by atoms with Crippen molar-refractivity contribution in [3.05, 3.63) is 16.5 Å². The van der Waals surface area contributed by atoms with E-state index in [1.54, 1.807) is 0 Å². The summed E-state index contributed by atoms with van der Waals surface area (Å²) in [5.74, 6) is 4.32. The van der Waals surface area contributed by atoms with Crippen LogP contribution < -0.4 is 5.32 Å². The maximum absolute atomic E-state index is 6.09. The number of terminal acetylenes is 1. The van der Waals surface area contributed by atoms with E-state index in [-0.39, 0.29) is 5.92 Å². The summed E-state index contributed by atoms with van der Waals surface area (Å²) >= 11 is 6.09. The van der Waals surface area contributed by atoms with Gasteiger partial charge in [0, 0.05) is 11.5 Å². The van der Waals surface area contributed by atoms with Gasteiger partial charge in [-0.3, -0.25) is 0 Å². The number of hydrogen-bond donors (Lipinski definition) is 1. The molecule has 92 valence electrons. The number of anilines is 1. The number of aromatic nitrogens is 2. The SMILES string of the molecule is C#CC(C)(C)Nc1nc(C(C)C)nc(Cl)c1C. The number of nitrogens with one attached hydrogen (secondary N) is 1. The van der Waals surface area contributed by atoms with E-state index in [1.807, 2.05) is 34.6 Å². The average molecular weight is 252 g/mol. The number of hydrogen-bond acceptors (Lipinski definition) is 3. The molecule has 0 saturated heterocycles. The van der Waals surface area contributed by atoms with E-state index in [0.717, 1.165) is 11.4 Å². The zero-order valence-corrected chi connectivity index (χ0v) is 11.7. The van der Waals surface area contributed by atoms with Gasteiger partial charge in [-0.2, -0.15) is 0 Å². The predicted octanol–water partition coefficient (Wildman–Crippen LogP) is 3.39. The summed E-state index contributed by atoms with van der Waals surface area (Å²) in [5.41, 5.74) is 0.357. The monoisotopic (exact) mass is 251 g/mol. The van der Waals surface area contributed by atoms with Gasteiger partial charge in [0.15, 0.2) is 0 Å². The van der Waals surface area contributed by atoms with Crippen LogP contribution in [-0.2, 0) is 0 Å². The summed E-state index contributed by atoms with van der Waals surface area (Å²) in [5, 5.41) is 3.67. The van der Waals surface area contributed by atoms with Gasteiger partial charge in [-0.05, 0) is 20.8 Å². The molecular formula is C13H18ClN3. The van der Waals surface area contributed by atoms with Gasteiger partial charge in [-0.25, -0.2) is 9.97 Å². The Kier molecular flexibility index (Phi) is 4.00. The molecule has 1 heterocycles. The van der Waals surface area contributed by atoms with Gasteiger partial charge in [0.25, 0.3) is 0 Å². The third-order valence-corrected chi connectivity index (χ3v) is 2.78. The number of rotatable bonds is 3. The van der Waals surface area contributed by atoms with Gasteiger partial charge < -0.3 is 5.32 Å². The molecular weight excluding hydrogens is 234 g/mol. The lowest BCUT2D eigenvalue weighted by Gasteiger charge is -2.22. The molecule has 0 amide bonds. The second kappa shape index (κ2) is 4.93. The largest absolute Gasteiger partial charge is 0.354 e. The summed E-state index contributed by atoms with van der Waals surface area (Å²) in [6.45, 7) is 9.75. The van der Waals surface area contributed by atoms with Crippen molar-refractivity contribution in [2.24, 2.45) is 0 Å². The maximum atomic E-state index is 6.09. The normalized spacial score (nSPS) is 11.4. The lowest BCUT2D eigenvalue weighted by atomic mass is 10.1. The topological polar surface area (TPSA) is 37.8 Å². The third kappa shape index (κ3) is 3.34. The Morgan fingerprint density at radius 1 is 1.35 bits per heavy atom. The first-order chi connectivity index (χ1) is 7.76. The molecule has 0 spiro atoms. The van der Waals surface area contributed by atoms with Crippen LogP contribution in [0, 0.1) is 19.3 Å². The van der Waals surface area contributed by atoms with Crippen molar-refractivity contribution in [2.45, 2.75) is 46.1 Å². The first-order valence-electron chi connectivity index (χ1n) is 5.57. The minimum atomic E-state index is -0.462. The highest BCUT2D eigenvalue weighted by Gasteiger charge is 2.18. The molecule has 1 rings (SSSR count). The molecule has 0 aliphatic carbocycles. The quantitative estimate of drug-likeness (QED) is 0.661. The van der Waals surface area contributed by atoms with Crippen molar-refractivity contribution in [3.63, 3.8) is 0 Å². The van der Waals surface area contributed by atoms with Crippen molar-refractivity contribution in [2.75, 3.05) is 5.32 Å². The van der Waals surface area contributed by atoms with Crippen molar-refractivity contribution < 1.29 is 0 Å². The van der Waals surface area contributed by atoms with E-state index in [2.05, 4.69) is 21.2 Å². The van der Waals surface area contributed by atoms with Crippen LogP contribution in [-0.4, -0.2) is 15.5 Å². The summed E-state index contributed by atoms with van der Waals surface area (Å²) in [6, 6.07) is 0. The molecule has 1 aromatic rings. The van der Waals surface area contributed by atoms with Gasteiger partial charge in [-0.1, -0.05) is 31.4 Å². The second-order valence-corrected chi connectivity index (χ2v) is 5.25. The van der Waals surface area contributed by atoms with Gasteiger partial charge >= 0.3 is 0 Å². The van der Waals surface area contributed by atoms with Gasteiger partial charge in [-0.15, -0.1) is 6.42 Å². The maximum Gasteiger partial charge on any atom is 0.137 e. The van der Waals surface area contributed by atoms with Crippen LogP contribution in [0.15, 0.2) is 0 Å². The fraction of sp³-hybridized carbons (Fsp3) is 0.538. The summed E-state index contributed by atoms with van der Waals surface area (Å²) in [7, 11) is 0. The van der Waals surface area contributed by atoms with Gasteiger partial charge in [0.2, 0.25) is 0 Å². The molecule has 0 aliphatic heterocycles. The smallest absolute Gasteiger partial charge is 0.137 e. The fourth-order valence-electron chi connectivity index (χ4n) is 1.22. The molecule has 1 N–H and O–H groups in total. The minimum Gasteiger partial charge on any atom is -0.354 e. The van der Waals surface area contributed by atoms with Crippen LogP contribution in [0.3, 0.4) is 0 Å². The highest BCUT2D eigenvalue weighted by Crippen LogP contribution is 2.24. The Morgan fingerprint density at radius 3 is 2.41 bits per heavy atom. The second-order valence-electron chi connectivity index (χ2n) is 4.90. The van der Waals surface area contributed by atoms with Crippen LogP contribution in [0.2, 0.25) is 5.15 Å². The summed E-state index contributed by atoms with van der Waals surface area (Å²) in [6.07, 6.45) is 5.45. The van der Waals surface area contributed by atoms with E-state index >= 15 is 0 Å². The minimum absolute atomic E-state index is 0.225. The van der Waals surface area contributed by atoms with Gasteiger partial charge in [0.1, 0.15) is 16.8 Å². The molecule has 0 saturated carbocycles. The molecule has 0 aromatic carbocycles. The molecule has 0 unspecified atom stereocenters. The molecule has 3 nitrogen and oxygen atoms in total. The molecule has 1 aromatic heterocycles. The number of nitrogens with zero attached hydrogens (tertiary/aromatic N) is 2. The van der Waals surface area contributed by atoms with E-state index < -0.39 is 5.54 Å². The Balaban J connectivity index is 3.20.